The predicted molar refractivity (Wildman–Crippen MR) is 125 cm³/mol. The lowest BCUT2D eigenvalue weighted by Crippen LogP contribution is -2.56. The zero-order chi connectivity index (χ0) is 22.4. The van der Waals surface area contributed by atoms with Crippen LogP contribution in [-0.2, 0) is 21.6 Å². The summed E-state index contributed by atoms with van der Waals surface area (Å²) < 4.78 is 6.97. The minimum atomic E-state index is -1.56. The van der Waals surface area contributed by atoms with Crippen molar-refractivity contribution in [2.24, 2.45) is 5.92 Å². The highest BCUT2D eigenvalue weighted by molar-refractivity contribution is 5.81. The van der Waals surface area contributed by atoms with E-state index in [1.165, 1.54) is 12.0 Å². The van der Waals surface area contributed by atoms with Crippen molar-refractivity contribution in [2.45, 2.75) is 63.1 Å². The number of benzene rings is 1. The Labute approximate surface area is 192 Å². The average molecular weight is 438 g/mol. The largest absolute Gasteiger partial charge is 0.454 e. The molecule has 1 aromatic heterocycles. The monoisotopic (exact) mass is 437 g/mol. The first-order valence-corrected chi connectivity index (χ1v) is 12.2. The Morgan fingerprint density at radius 3 is 2.59 bits per heavy atom. The highest BCUT2D eigenvalue weighted by atomic mass is 16.6. The second-order valence-corrected chi connectivity index (χ2v) is 10.00. The van der Waals surface area contributed by atoms with Crippen molar-refractivity contribution in [3.8, 4) is 0 Å². The van der Waals surface area contributed by atoms with E-state index < -0.39 is 11.6 Å². The highest BCUT2D eigenvalue weighted by Crippen LogP contribution is 2.41. The minimum absolute atomic E-state index is 0.0822. The van der Waals surface area contributed by atoms with Crippen LogP contribution in [0, 0.1) is 5.92 Å². The Kier molecular flexibility index (Phi) is 7.27. The number of carbonyl (C=O) groups is 1. The van der Waals surface area contributed by atoms with Gasteiger partial charge in [-0.1, -0.05) is 55.7 Å². The second-order valence-electron chi connectivity index (χ2n) is 10.00. The number of hydrogen-bond acceptors (Lipinski definition) is 4. The molecule has 32 heavy (non-hydrogen) atoms. The third-order valence-electron chi connectivity index (χ3n) is 7.53. The van der Waals surface area contributed by atoms with Crippen molar-refractivity contribution in [1.82, 2.24) is 4.98 Å². The molecule has 172 valence electrons. The number of piperidine rings is 1. The predicted octanol–water partition coefficient (Wildman–Crippen LogP) is 4.24. The Bertz CT molecular complexity index is 869. The molecule has 0 bridgehead atoms. The topological polar surface area (TPSA) is 59.4 Å². The molecule has 2 unspecified atom stereocenters. The number of ether oxygens (including phenoxy) is 1. The number of carbonyl (C=O) groups excluding carboxylic acids is 1. The fourth-order valence-electron chi connectivity index (χ4n) is 5.59. The molecule has 1 aliphatic heterocycles. The maximum Gasteiger partial charge on any atom is 0.343 e. The molecule has 1 aromatic carbocycles. The van der Waals surface area contributed by atoms with Crippen molar-refractivity contribution in [3.05, 3.63) is 66.0 Å². The molecule has 5 heteroatoms. The van der Waals surface area contributed by atoms with Crippen molar-refractivity contribution >= 4 is 5.97 Å². The summed E-state index contributed by atoms with van der Waals surface area (Å²) in [5.41, 5.74) is 0.348. The summed E-state index contributed by atoms with van der Waals surface area (Å²) in [7, 11) is 2.25. The van der Waals surface area contributed by atoms with E-state index in [2.05, 4.69) is 18.1 Å². The molecule has 1 saturated heterocycles. The standard InChI is InChI=1S/C27H37N2O3/c1-29(19-16-22-10-8-17-28-20-22)18-9-15-25(21-29)32-26(30)27(31,23-11-4-2-5-12-23)24-13-6-3-7-14-24/h2,4-5,8,10-12,17,20,24-25,31H,3,6-7,9,13-16,18-19,21H2,1H3/q+1/t25?,27-,29?/m0/s1. The summed E-state index contributed by atoms with van der Waals surface area (Å²) in [5.74, 6) is -0.539. The number of aliphatic hydroxyl groups is 1. The summed E-state index contributed by atoms with van der Waals surface area (Å²) in [4.78, 5) is 17.8. The number of hydrogen-bond donors (Lipinski definition) is 1. The summed E-state index contributed by atoms with van der Waals surface area (Å²) in [6.45, 7) is 2.87. The molecular weight excluding hydrogens is 400 g/mol. The molecule has 0 spiro atoms. The first-order valence-electron chi connectivity index (χ1n) is 12.2. The van der Waals surface area contributed by atoms with Gasteiger partial charge in [-0.15, -0.1) is 0 Å². The van der Waals surface area contributed by atoms with Gasteiger partial charge in [0.2, 0.25) is 0 Å². The van der Waals surface area contributed by atoms with Crippen molar-refractivity contribution in [3.63, 3.8) is 0 Å². The van der Waals surface area contributed by atoms with E-state index in [0.717, 1.165) is 69.1 Å². The number of esters is 1. The van der Waals surface area contributed by atoms with Gasteiger partial charge in [0.25, 0.3) is 0 Å². The first-order chi connectivity index (χ1) is 15.5. The quantitative estimate of drug-likeness (QED) is 0.520. The van der Waals surface area contributed by atoms with Gasteiger partial charge < -0.3 is 14.3 Å². The van der Waals surface area contributed by atoms with Gasteiger partial charge in [0.1, 0.15) is 6.54 Å². The van der Waals surface area contributed by atoms with Crippen LogP contribution in [0.25, 0.3) is 0 Å². The second kappa shape index (κ2) is 10.1. The number of rotatable bonds is 7. The summed E-state index contributed by atoms with van der Waals surface area (Å²) in [6.07, 6.45) is 11.4. The highest BCUT2D eigenvalue weighted by Gasteiger charge is 2.48. The fourth-order valence-corrected chi connectivity index (χ4v) is 5.59. The van der Waals surface area contributed by atoms with Gasteiger partial charge in [-0.05, 0) is 36.5 Å². The van der Waals surface area contributed by atoms with Crippen LogP contribution >= 0.6 is 0 Å². The number of pyridine rings is 1. The summed E-state index contributed by atoms with van der Waals surface area (Å²) in [6, 6.07) is 13.5. The lowest BCUT2D eigenvalue weighted by molar-refractivity contribution is -0.916. The molecule has 0 radical (unpaired) electrons. The molecule has 0 amide bonds. The van der Waals surface area contributed by atoms with Gasteiger partial charge in [-0.2, -0.15) is 0 Å². The van der Waals surface area contributed by atoms with E-state index in [1.54, 1.807) is 6.20 Å². The maximum atomic E-state index is 13.5. The molecule has 1 aliphatic carbocycles. The van der Waals surface area contributed by atoms with E-state index in [-0.39, 0.29) is 12.0 Å². The molecular formula is C27H37N2O3+. The van der Waals surface area contributed by atoms with Gasteiger partial charge in [-0.3, -0.25) is 4.98 Å². The summed E-state index contributed by atoms with van der Waals surface area (Å²) in [5, 5.41) is 11.8. The number of likely N-dealkylation sites (tertiary alicyclic amines) is 1. The molecule has 2 aliphatic rings. The zero-order valence-corrected chi connectivity index (χ0v) is 19.3. The molecule has 2 heterocycles. The Balaban J connectivity index is 1.45. The number of aromatic nitrogens is 1. The molecule has 3 atom stereocenters. The van der Waals surface area contributed by atoms with E-state index in [4.69, 9.17) is 4.74 Å². The van der Waals surface area contributed by atoms with E-state index in [0.29, 0.717) is 5.56 Å². The van der Waals surface area contributed by atoms with Gasteiger partial charge in [-0.25, -0.2) is 4.79 Å². The maximum absolute atomic E-state index is 13.5. The van der Waals surface area contributed by atoms with Crippen LogP contribution in [0.2, 0.25) is 0 Å². The van der Waals surface area contributed by atoms with Crippen LogP contribution in [0.15, 0.2) is 54.9 Å². The number of nitrogens with zero attached hydrogens (tertiary/aromatic N) is 2. The SMILES string of the molecule is C[N+]1(CCc2cccnc2)CCCC(OC(=O)[C@](O)(c2ccccc2)C2CCCCC2)C1. The van der Waals surface area contributed by atoms with Gasteiger partial charge in [0.05, 0.1) is 20.1 Å². The van der Waals surface area contributed by atoms with E-state index in [1.807, 2.05) is 42.6 Å². The van der Waals surface area contributed by atoms with Crippen molar-refractivity contribution < 1.29 is 19.1 Å². The summed E-state index contributed by atoms with van der Waals surface area (Å²) >= 11 is 0. The molecule has 1 saturated carbocycles. The molecule has 2 aromatic rings. The Morgan fingerprint density at radius 2 is 1.88 bits per heavy atom. The van der Waals surface area contributed by atoms with Crippen LogP contribution in [0.1, 0.15) is 56.1 Å². The van der Waals surface area contributed by atoms with Crippen LogP contribution in [-0.4, -0.2) is 53.3 Å². The van der Waals surface area contributed by atoms with E-state index in [9.17, 15) is 9.90 Å². The normalized spacial score (nSPS) is 26.2. The lowest BCUT2D eigenvalue weighted by Gasteiger charge is -2.42. The molecule has 2 fully saturated rings. The fraction of sp³-hybridized carbons (Fsp3) is 0.556. The lowest BCUT2D eigenvalue weighted by atomic mass is 9.73. The van der Waals surface area contributed by atoms with Crippen molar-refractivity contribution in [2.75, 3.05) is 26.7 Å². The van der Waals surface area contributed by atoms with Crippen LogP contribution < -0.4 is 0 Å². The molecule has 4 rings (SSSR count). The minimum Gasteiger partial charge on any atom is -0.454 e. The third kappa shape index (κ3) is 5.21. The van der Waals surface area contributed by atoms with Gasteiger partial charge in [0.15, 0.2) is 11.7 Å². The first kappa shape index (κ1) is 22.9. The van der Waals surface area contributed by atoms with Crippen LogP contribution in [0.5, 0.6) is 0 Å². The Hall–Kier alpha value is -2.24. The van der Waals surface area contributed by atoms with E-state index >= 15 is 0 Å². The number of quaternary nitrogens is 1. The number of likely N-dealkylation sites (N-methyl/N-ethyl adjacent to an activating group) is 1. The Morgan fingerprint density at radius 1 is 1.09 bits per heavy atom. The van der Waals surface area contributed by atoms with Crippen LogP contribution in [0.4, 0.5) is 0 Å². The zero-order valence-electron chi connectivity index (χ0n) is 19.3. The molecule has 5 nitrogen and oxygen atoms in total. The molecule has 1 N–H and O–H groups in total. The van der Waals surface area contributed by atoms with Crippen molar-refractivity contribution in [1.29, 1.82) is 0 Å². The third-order valence-corrected chi connectivity index (χ3v) is 7.53. The van der Waals surface area contributed by atoms with Gasteiger partial charge >= 0.3 is 5.97 Å². The average Bonchev–Trinajstić information content (AvgIpc) is 2.84. The smallest absolute Gasteiger partial charge is 0.343 e. The van der Waals surface area contributed by atoms with Gasteiger partial charge in [0, 0.05) is 31.2 Å². The van der Waals surface area contributed by atoms with Crippen LogP contribution in [0.3, 0.4) is 0 Å².